The maximum Gasteiger partial charge on any atom is 0.140 e. The van der Waals surface area contributed by atoms with Crippen LogP contribution < -0.4 is 0 Å². The van der Waals surface area contributed by atoms with Gasteiger partial charge < -0.3 is 0 Å². The van der Waals surface area contributed by atoms with Crippen molar-refractivity contribution in [1.29, 1.82) is 0 Å². The zero-order valence-corrected chi connectivity index (χ0v) is 9.32. The number of rotatable bonds is 2. The Labute approximate surface area is 93.0 Å². The molecule has 74 valence electrons. The average molecular weight is 229 g/mol. The zero-order chi connectivity index (χ0) is 10.3. The van der Waals surface area contributed by atoms with E-state index in [4.69, 9.17) is 23.2 Å². The van der Waals surface area contributed by atoms with Crippen LogP contribution in [0.3, 0.4) is 0 Å². The van der Waals surface area contributed by atoms with Crippen LogP contribution >= 0.6 is 23.2 Å². The molecule has 1 aromatic carbocycles. The number of halogens is 2. The van der Waals surface area contributed by atoms with Crippen molar-refractivity contribution in [3.63, 3.8) is 0 Å². The number of Topliss-reactive ketones (excluding diaryl/α,β-unsaturated/α-hetero) is 1. The summed E-state index contributed by atoms with van der Waals surface area (Å²) < 4.78 is 0. The van der Waals surface area contributed by atoms with E-state index in [1.807, 2.05) is 0 Å². The first-order chi connectivity index (χ1) is 6.56. The molecule has 2 rings (SSSR count). The number of carbonyl (C=O) groups is 1. The maximum absolute atomic E-state index is 11.5. The van der Waals surface area contributed by atoms with E-state index in [0.717, 1.165) is 18.4 Å². The van der Waals surface area contributed by atoms with Crippen LogP contribution in [-0.4, -0.2) is 5.78 Å². The maximum atomic E-state index is 11.5. The fraction of sp³-hybridized carbons (Fsp3) is 0.364. The summed E-state index contributed by atoms with van der Waals surface area (Å²) in [6, 6.07) is 5.30. The summed E-state index contributed by atoms with van der Waals surface area (Å²) in [5, 5.41) is 1.28. The summed E-state index contributed by atoms with van der Waals surface area (Å²) in [4.78, 5) is 11.5. The second-order valence-electron chi connectivity index (χ2n) is 3.76. The number of hydrogen-bond acceptors (Lipinski definition) is 1. The Hall–Kier alpha value is -0.530. The van der Waals surface area contributed by atoms with Gasteiger partial charge in [0.25, 0.3) is 0 Å². The molecule has 0 amide bonds. The molecule has 1 fully saturated rings. The third-order valence-corrected chi connectivity index (χ3v) is 3.43. The smallest absolute Gasteiger partial charge is 0.140 e. The molecule has 0 N–H and O–H groups in total. The van der Waals surface area contributed by atoms with Crippen LogP contribution in [-0.2, 0) is 10.2 Å². The monoisotopic (exact) mass is 228 g/mol. The average Bonchev–Trinajstić information content (AvgIpc) is 2.90. The second-order valence-corrected chi connectivity index (χ2v) is 4.61. The summed E-state index contributed by atoms with van der Waals surface area (Å²) >= 11 is 11.9. The largest absolute Gasteiger partial charge is 0.299 e. The second kappa shape index (κ2) is 3.25. The van der Waals surface area contributed by atoms with E-state index in [9.17, 15) is 4.79 Å². The highest BCUT2D eigenvalue weighted by Crippen LogP contribution is 2.51. The van der Waals surface area contributed by atoms with Gasteiger partial charge in [0.1, 0.15) is 5.78 Å². The van der Waals surface area contributed by atoms with E-state index in [1.54, 1.807) is 25.1 Å². The van der Waals surface area contributed by atoms with E-state index in [-0.39, 0.29) is 11.2 Å². The molecule has 0 atom stereocenters. The van der Waals surface area contributed by atoms with Gasteiger partial charge in [-0.25, -0.2) is 0 Å². The van der Waals surface area contributed by atoms with E-state index in [1.165, 1.54) is 0 Å². The summed E-state index contributed by atoms with van der Waals surface area (Å²) in [5.74, 6) is 0.182. The summed E-state index contributed by atoms with van der Waals surface area (Å²) in [7, 11) is 0. The standard InChI is InChI=1S/C11H10Cl2O/c1-7(14)11(4-5-11)9-6-8(12)2-3-10(9)13/h2-3,6H,4-5H2,1H3. The van der Waals surface area contributed by atoms with Crippen LogP contribution in [0, 0.1) is 0 Å². The van der Waals surface area contributed by atoms with Gasteiger partial charge in [-0.2, -0.15) is 0 Å². The fourth-order valence-corrected chi connectivity index (χ4v) is 2.27. The summed E-state index contributed by atoms with van der Waals surface area (Å²) in [6.07, 6.45) is 1.78. The molecule has 1 aliphatic carbocycles. The molecule has 0 aliphatic heterocycles. The molecular formula is C11H10Cl2O. The van der Waals surface area contributed by atoms with Crippen LogP contribution in [0.15, 0.2) is 18.2 Å². The molecule has 1 saturated carbocycles. The normalized spacial score (nSPS) is 17.9. The Morgan fingerprint density at radius 3 is 2.50 bits per heavy atom. The molecule has 14 heavy (non-hydrogen) atoms. The minimum Gasteiger partial charge on any atom is -0.299 e. The van der Waals surface area contributed by atoms with E-state index in [2.05, 4.69) is 0 Å². The molecule has 1 aromatic rings. The fourth-order valence-electron chi connectivity index (χ4n) is 1.80. The third kappa shape index (κ3) is 1.45. The van der Waals surface area contributed by atoms with Crippen molar-refractivity contribution < 1.29 is 4.79 Å². The SMILES string of the molecule is CC(=O)C1(c2cc(Cl)ccc2Cl)CC1. The lowest BCUT2D eigenvalue weighted by Crippen LogP contribution is -2.17. The Morgan fingerprint density at radius 1 is 1.36 bits per heavy atom. The van der Waals surface area contributed by atoms with Gasteiger partial charge in [0.2, 0.25) is 0 Å². The van der Waals surface area contributed by atoms with Crippen LogP contribution in [0.1, 0.15) is 25.3 Å². The number of ketones is 1. The van der Waals surface area contributed by atoms with Gasteiger partial charge >= 0.3 is 0 Å². The van der Waals surface area contributed by atoms with Crippen molar-refractivity contribution in [2.24, 2.45) is 0 Å². The van der Waals surface area contributed by atoms with Gasteiger partial charge in [0.15, 0.2) is 0 Å². The van der Waals surface area contributed by atoms with Crippen molar-refractivity contribution in [2.45, 2.75) is 25.2 Å². The first-order valence-corrected chi connectivity index (χ1v) is 5.28. The lowest BCUT2D eigenvalue weighted by atomic mass is 9.92. The van der Waals surface area contributed by atoms with Crippen molar-refractivity contribution in [3.8, 4) is 0 Å². The van der Waals surface area contributed by atoms with Gasteiger partial charge in [-0.3, -0.25) is 4.79 Å². The van der Waals surface area contributed by atoms with Gasteiger partial charge in [-0.05, 0) is 43.5 Å². The van der Waals surface area contributed by atoms with Gasteiger partial charge in [0.05, 0.1) is 5.41 Å². The minimum absolute atomic E-state index is 0.182. The Balaban J connectivity index is 2.51. The predicted molar refractivity (Wildman–Crippen MR) is 58.1 cm³/mol. The molecule has 0 heterocycles. The van der Waals surface area contributed by atoms with E-state index >= 15 is 0 Å². The van der Waals surface area contributed by atoms with Crippen molar-refractivity contribution in [1.82, 2.24) is 0 Å². The molecule has 1 nitrogen and oxygen atoms in total. The Bertz CT molecular complexity index is 394. The van der Waals surface area contributed by atoms with Gasteiger partial charge in [0, 0.05) is 10.0 Å². The molecule has 0 unspecified atom stereocenters. The van der Waals surface area contributed by atoms with Gasteiger partial charge in [-0.1, -0.05) is 23.2 Å². The molecule has 0 saturated heterocycles. The molecule has 0 radical (unpaired) electrons. The van der Waals surface area contributed by atoms with Crippen LogP contribution in [0.5, 0.6) is 0 Å². The van der Waals surface area contributed by atoms with Crippen LogP contribution in [0.4, 0.5) is 0 Å². The highest BCUT2D eigenvalue weighted by atomic mass is 35.5. The highest BCUT2D eigenvalue weighted by molar-refractivity contribution is 6.34. The zero-order valence-electron chi connectivity index (χ0n) is 7.81. The lowest BCUT2D eigenvalue weighted by molar-refractivity contribution is -0.119. The topological polar surface area (TPSA) is 17.1 Å². The quantitative estimate of drug-likeness (QED) is 0.756. The number of carbonyl (C=O) groups excluding carboxylic acids is 1. The number of hydrogen-bond donors (Lipinski definition) is 0. The highest BCUT2D eigenvalue weighted by Gasteiger charge is 2.49. The Morgan fingerprint density at radius 2 is 2.00 bits per heavy atom. The Kier molecular flexibility index (Phi) is 2.32. The molecule has 0 spiro atoms. The van der Waals surface area contributed by atoms with E-state index < -0.39 is 0 Å². The lowest BCUT2D eigenvalue weighted by Gasteiger charge is -2.13. The summed E-state index contributed by atoms with van der Waals surface area (Å²) in [5.41, 5.74) is 0.557. The predicted octanol–water partition coefficient (Wildman–Crippen LogP) is 3.61. The van der Waals surface area contributed by atoms with Crippen LogP contribution in [0.25, 0.3) is 0 Å². The van der Waals surface area contributed by atoms with E-state index in [0.29, 0.717) is 10.0 Å². The molecule has 3 heteroatoms. The third-order valence-electron chi connectivity index (χ3n) is 2.87. The minimum atomic E-state index is -0.331. The van der Waals surface area contributed by atoms with Crippen molar-refractivity contribution in [2.75, 3.05) is 0 Å². The first kappa shape index (κ1) is 10.0. The molecule has 1 aliphatic rings. The van der Waals surface area contributed by atoms with Crippen LogP contribution in [0.2, 0.25) is 10.0 Å². The first-order valence-electron chi connectivity index (χ1n) is 4.53. The van der Waals surface area contributed by atoms with Crippen molar-refractivity contribution in [3.05, 3.63) is 33.8 Å². The number of benzene rings is 1. The van der Waals surface area contributed by atoms with Gasteiger partial charge in [-0.15, -0.1) is 0 Å². The summed E-state index contributed by atoms with van der Waals surface area (Å²) in [6.45, 7) is 1.62. The molecular weight excluding hydrogens is 219 g/mol. The molecule has 0 bridgehead atoms. The molecule has 0 aromatic heterocycles. The van der Waals surface area contributed by atoms with Crippen molar-refractivity contribution >= 4 is 29.0 Å².